The van der Waals surface area contributed by atoms with Crippen LogP contribution >= 0.6 is 0 Å². The predicted molar refractivity (Wildman–Crippen MR) is 93.2 cm³/mol. The van der Waals surface area contributed by atoms with Gasteiger partial charge in [-0.15, -0.1) is 0 Å². The van der Waals surface area contributed by atoms with Gasteiger partial charge in [0.1, 0.15) is 0 Å². The molecule has 0 bridgehead atoms. The second kappa shape index (κ2) is 8.38. The van der Waals surface area contributed by atoms with Crippen LogP contribution in [0.5, 0.6) is 0 Å². The highest BCUT2D eigenvalue weighted by Crippen LogP contribution is 2.10. The Morgan fingerprint density at radius 2 is 1.54 bits per heavy atom. The molecule has 5 nitrogen and oxygen atoms in total. The highest BCUT2D eigenvalue weighted by molar-refractivity contribution is 5.18. The molecule has 5 heteroatoms. The summed E-state index contributed by atoms with van der Waals surface area (Å²) >= 11 is 0. The predicted octanol–water partition coefficient (Wildman–Crippen LogP) is 2.62. The number of aromatic nitrogens is 2. The normalized spacial score (nSPS) is 11.1. The van der Waals surface area contributed by atoms with Crippen molar-refractivity contribution in [1.82, 2.24) is 15.0 Å². The number of benzene rings is 2. The molecule has 0 atom stereocenters. The van der Waals surface area contributed by atoms with Crippen molar-refractivity contribution >= 4 is 0 Å². The first-order valence-electron chi connectivity index (χ1n) is 8.15. The van der Waals surface area contributed by atoms with E-state index in [0.717, 1.165) is 13.1 Å². The maximum Gasteiger partial charge on any atom is 0.240 e. The van der Waals surface area contributed by atoms with E-state index in [0.29, 0.717) is 31.2 Å². The summed E-state index contributed by atoms with van der Waals surface area (Å²) in [7, 11) is 0. The molecule has 0 fully saturated rings. The van der Waals surface area contributed by atoms with Crippen LogP contribution in [-0.4, -0.2) is 28.1 Å². The average Bonchev–Trinajstić information content (AvgIpc) is 3.04. The van der Waals surface area contributed by atoms with E-state index < -0.39 is 0 Å². The first-order chi connectivity index (χ1) is 11.8. The summed E-state index contributed by atoms with van der Waals surface area (Å²) in [6, 6.07) is 20.5. The smallest absolute Gasteiger partial charge is 0.240 e. The molecule has 0 radical (unpaired) electrons. The van der Waals surface area contributed by atoms with Gasteiger partial charge in [-0.1, -0.05) is 65.8 Å². The molecular formula is C19H22N4O. The largest absolute Gasteiger partial charge is 0.338 e. The molecule has 0 unspecified atom stereocenters. The molecule has 0 aliphatic rings. The van der Waals surface area contributed by atoms with E-state index in [1.165, 1.54) is 11.1 Å². The molecule has 0 spiro atoms. The standard InChI is InChI=1S/C19H22N4O/c20-11-12-23(14-17-9-5-2-6-10-17)15-19-21-18(22-24-19)13-16-7-3-1-4-8-16/h1-10H,11-15,20H2. The Morgan fingerprint density at radius 1 is 0.875 bits per heavy atom. The van der Waals surface area contributed by atoms with Gasteiger partial charge in [0.05, 0.1) is 6.54 Å². The third-order valence-electron chi connectivity index (χ3n) is 3.77. The van der Waals surface area contributed by atoms with Crippen molar-refractivity contribution in [3.63, 3.8) is 0 Å². The molecule has 0 saturated heterocycles. The molecule has 24 heavy (non-hydrogen) atoms. The van der Waals surface area contributed by atoms with Crippen LogP contribution in [0.15, 0.2) is 65.2 Å². The van der Waals surface area contributed by atoms with Crippen molar-refractivity contribution in [2.45, 2.75) is 19.5 Å². The minimum absolute atomic E-state index is 0.595. The number of nitrogens with zero attached hydrogens (tertiary/aromatic N) is 3. The summed E-state index contributed by atoms with van der Waals surface area (Å²) < 4.78 is 5.41. The lowest BCUT2D eigenvalue weighted by Gasteiger charge is -2.19. The van der Waals surface area contributed by atoms with Gasteiger partial charge in [0.2, 0.25) is 5.89 Å². The van der Waals surface area contributed by atoms with E-state index in [1.807, 2.05) is 36.4 Å². The fourth-order valence-corrected chi connectivity index (χ4v) is 2.63. The maximum atomic E-state index is 5.74. The van der Waals surface area contributed by atoms with E-state index in [2.05, 4.69) is 39.3 Å². The van der Waals surface area contributed by atoms with Gasteiger partial charge < -0.3 is 10.3 Å². The monoisotopic (exact) mass is 322 g/mol. The van der Waals surface area contributed by atoms with E-state index in [9.17, 15) is 0 Å². The zero-order valence-corrected chi connectivity index (χ0v) is 13.6. The lowest BCUT2D eigenvalue weighted by Crippen LogP contribution is -2.28. The molecule has 1 aromatic heterocycles. The van der Waals surface area contributed by atoms with Crippen LogP contribution in [0.4, 0.5) is 0 Å². The van der Waals surface area contributed by atoms with Crippen LogP contribution in [0.25, 0.3) is 0 Å². The molecule has 124 valence electrons. The second-order valence-corrected chi connectivity index (χ2v) is 5.75. The van der Waals surface area contributed by atoms with E-state index in [1.54, 1.807) is 0 Å². The zero-order chi connectivity index (χ0) is 16.6. The molecule has 0 aliphatic heterocycles. The number of rotatable bonds is 8. The van der Waals surface area contributed by atoms with E-state index in [4.69, 9.17) is 10.3 Å². The highest BCUT2D eigenvalue weighted by Gasteiger charge is 2.12. The van der Waals surface area contributed by atoms with Crippen LogP contribution in [0.3, 0.4) is 0 Å². The minimum Gasteiger partial charge on any atom is -0.338 e. The Hall–Kier alpha value is -2.50. The van der Waals surface area contributed by atoms with Gasteiger partial charge in [0.15, 0.2) is 5.82 Å². The fourth-order valence-electron chi connectivity index (χ4n) is 2.63. The SMILES string of the molecule is NCCN(Cc1ccccc1)Cc1nc(Cc2ccccc2)no1. The first-order valence-corrected chi connectivity index (χ1v) is 8.15. The lowest BCUT2D eigenvalue weighted by atomic mass is 10.1. The van der Waals surface area contributed by atoms with Crippen LogP contribution in [0, 0.1) is 0 Å². The molecule has 1 heterocycles. The zero-order valence-electron chi connectivity index (χ0n) is 13.6. The maximum absolute atomic E-state index is 5.74. The Bertz CT molecular complexity index is 727. The number of nitrogens with two attached hydrogens (primary N) is 1. The van der Waals surface area contributed by atoms with Gasteiger partial charge in [0, 0.05) is 26.1 Å². The summed E-state index contributed by atoms with van der Waals surface area (Å²) in [6.45, 7) is 2.80. The fraction of sp³-hybridized carbons (Fsp3) is 0.263. The van der Waals surface area contributed by atoms with Crippen LogP contribution in [0.2, 0.25) is 0 Å². The third kappa shape index (κ3) is 4.75. The van der Waals surface area contributed by atoms with E-state index in [-0.39, 0.29) is 0 Å². The van der Waals surface area contributed by atoms with Crippen LogP contribution in [0.1, 0.15) is 22.8 Å². The topological polar surface area (TPSA) is 68.2 Å². The molecule has 3 aromatic rings. The Kier molecular flexibility index (Phi) is 5.71. The van der Waals surface area contributed by atoms with Gasteiger partial charge >= 0.3 is 0 Å². The van der Waals surface area contributed by atoms with Crippen molar-refractivity contribution in [2.24, 2.45) is 5.73 Å². The molecule has 2 aromatic carbocycles. The molecular weight excluding hydrogens is 300 g/mol. The molecule has 2 N–H and O–H groups in total. The summed E-state index contributed by atoms with van der Waals surface area (Å²) in [5.41, 5.74) is 8.16. The number of hydrogen-bond acceptors (Lipinski definition) is 5. The van der Waals surface area contributed by atoms with Gasteiger partial charge in [-0.2, -0.15) is 4.98 Å². The summed E-state index contributed by atoms with van der Waals surface area (Å²) in [5.74, 6) is 1.34. The Balaban J connectivity index is 1.62. The van der Waals surface area contributed by atoms with Crippen molar-refractivity contribution in [1.29, 1.82) is 0 Å². The molecule has 0 amide bonds. The van der Waals surface area contributed by atoms with Crippen LogP contribution < -0.4 is 5.73 Å². The summed E-state index contributed by atoms with van der Waals surface area (Å²) in [6.07, 6.45) is 0.680. The Morgan fingerprint density at radius 3 is 2.21 bits per heavy atom. The quantitative estimate of drug-likeness (QED) is 0.690. The third-order valence-corrected chi connectivity index (χ3v) is 3.77. The number of hydrogen-bond donors (Lipinski definition) is 1. The van der Waals surface area contributed by atoms with Crippen molar-refractivity contribution < 1.29 is 4.52 Å². The summed E-state index contributed by atoms with van der Waals surface area (Å²) in [5, 5.41) is 4.09. The second-order valence-electron chi connectivity index (χ2n) is 5.75. The first kappa shape index (κ1) is 16.4. The van der Waals surface area contributed by atoms with Crippen molar-refractivity contribution in [3.8, 4) is 0 Å². The Labute approximate surface area is 142 Å². The molecule has 0 aliphatic carbocycles. The average molecular weight is 322 g/mol. The van der Waals surface area contributed by atoms with Crippen LogP contribution in [-0.2, 0) is 19.5 Å². The minimum atomic E-state index is 0.595. The van der Waals surface area contributed by atoms with E-state index >= 15 is 0 Å². The lowest BCUT2D eigenvalue weighted by molar-refractivity contribution is 0.224. The van der Waals surface area contributed by atoms with Crippen molar-refractivity contribution in [3.05, 3.63) is 83.5 Å². The highest BCUT2D eigenvalue weighted by atomic mass is 16.5. The molecule has 3 rings (SSSR count). The van der Waals surface area contributed by atoms with Gasteiger partial charge in [-0.3, -0.25) is 4.90 Å². The molecule has 0 saturated carbocycles. The summed E-state index contributed by atoms with van der Waals surface area (Å²) in [4.78, 5) is 6.73. The van der Waals surface area contributed by atoms with Gasteiger partial charge in [-0.25, -0.2) is 0 Å². The van der Waals surface area contributed by atoms with Crippen molar-refractivity contribution in [2.75, 3.05) is 13.1 Å². The van der Waals surface area contributed by atoms with Gasteiger partial charge in [-0.05, 0) is 11.1 Å². The van der Waals surface area contributed by atoms with Gasteiger partial charge in [0.25, 0.3) is 0 Å².